The van der Waals surface area contributed by atoms with Gasteiger partial charge < -0.3 is 10.2 Å². The van der Waals surface area contributed by atoms with Crippen LogP contribution in [0, 0.1) is 11.6 Å². The molecule has 1 aromatic carbocycles. The fourth-order valence-electron chi connectivity index (χ4n) is 2.34. The van der Waals surface area contributed by atoms with Gasteiger partial charge in [0.15, 0.2) is 11.6 Å². The zero-order valence-corrected chi connectivity index (χ0v) is 10.0. The van der Waals surface area contributed by atoms with Crippen LogP contribution in [-0.4, -0.2) is 21.7 Å². The first-order valence-corrected chi connectivity index (χ1v) is 5.97. The molecule has 2 nitrogen and oxygen atoms in total. The molecule has 1 aromatic rings. The normalized spacial score (nSPS) is 23.1. The second-order valence-electron chi connectivity index (χ2n) is 5.01. The third kappa shape index (κ3) is 2.74. The Morgan fingerprint density at radius 2 is 1.63 bits per heavy atom. The van der Waals surface area contributed by atoms with Gasteiger partial charge >= 0.3 is 0 Å². The lowest BCUT2D eigenvalue weighted by molar-refractivity contribution is -0.151. The Morgan fingerprint density at radius 1 is 1.05 bits per heavy atom. The summed E-state index contributed by atoms with van der Waals surface area (Å²) in [6.07, 6.45) is -3.62. The van der Waals surface area contributed by atoms with E-state index in [0.29, 0.717) is 0 Å². The molecule has 0 aliphatic heterocycles. The van der Waals surface area contributed by atoms with Gasteiger partial charge in [-0.2, -0.15) is 0 Å². The first-order chi connectivity index (χ1) is 8.75. The molecule has 2 rings (SSSR count). The maximum atomic E-state index is 13.5. The van der Waals surface area contributed by atoms with Crippen molar-refractivity contribution in [1.29, 1.82) is 0 Å². The maximum Gasteiger partial charge on any atom is 0.248 e. The summed E-state index contributed by atoms with van der Waals surface area (Å²) in [6, 6.07) is 3.20. The molecule has 0 spiro atoms. The zero-order chi connectivity index (χ0) is 14.3. The highest BCUT2D eigenvalue weighted by Gasteiger charge is 2.47. The van der Waals surface area contributed by atoms with Crippen molar-refractivity contribution >= 4 is 0 Å². The lowest BCUT2D eigenvalue weighted by atomic mass is 9.77. The van der Waals surface area contributed by atoms with E-state index in [1.165, 1.54) is 6.07 Å². The van der Waals surface area contributed by atoms with E-state index in [-0.39, 0.29) is 12.8 Å². The predicted octanol–water partition coefficient (Wildman–Crippen LogP) is 2.94. The summed E-state index contributed by atoms with van der Waals surface area (Å²) in [5, 5.41) is 20.1. The van der Waals surface area contributed by atoms with E-state index in [1.807, 2.05) is 0 Å². The van der Waals surface area contributed by atoms with Crippen LogP contribution in [0.2, 0.25) is 0 Å². The van der Waals surface area contributed by atoms with Gasteiger partial charge in [0.1, 0.15) is 6.10 Å². The molecule has 1 aliphatic carbocycles. The van der Waals surface area contributed by atoms with E-state index in [4.69, 9.17) is 0 Å². The minimum atomic E-state index is -2.88. The van der Waals surface area contributed by atoms with Crippen LogP contribution in [0.3, 0.4) is 0 Å². The zero-order valence-electron chi connectivity index (χ0n) is 10.0. The molecule has 106 valence electrons. The molecule has 2 N–H and O–H groups in total. The Morgan fingerprint density at radius 3 is 2.21 bits per heavy atom. The van der Waals surface area contributed by atoms with E-state index >= 15 is 0 Å². The van der Waals surface area contributed by atoms with E-state index in [1.54, 1.807) is 0 Å². The average molecular weight is 278 g/mol. The number of aliphatic hydroxyl groups excluding tert-OH is 1. The monoisotopic (exact) mass is 278 g/mol. The summed E-state index contributed by atoms with van der Waals surface area (Å²) in [6.45, 7) is 0. The SMILES string of the molecule is OC(c1cccc(F)c1F)C1(O)CCC(F)(F)CC1. The van der Waals surface area contributed by atoms with Crippen molar-refractivity contribution in [3.05, 3.63) is 35.4 Å². The second-order valence-corrected chi connectivity index (χ2v) is 5.01. The number of hydrogen-bond donors (Lipinski definition) is 2. The minimum Gasteiger partial charge on any atom is -0.387 e. The molecular formula is C13H14F4O2. The number of benzene rings is 1. The molecule has 1 atom stereocenters. The highest BCUT2D eigenvalue weighted by atomic mass is 19.3. The average Bonchev–Trinajstić information content (AvgIpc) is 2.36. The molecule has 0 amide bonds. The molecule has 0 aromatic heterocycles. The van der Waals surface area contributed by atoms with Gasteiger partial charge in [-0.1, -0.05) is 12.1 Å². The van der Waals surface area contributed by atoms with Crippen molar-refractivity contribution in [1.82, 2.24) is 0 Å². The largest absolute Gasteiger partial charge is 0.387 e. The predicted molar refractivity (Wildman–Crippen MR) is 59.7 cm³/mol. The van der Waals surface area contributed by atoms with Crippen LogP contribution in [0.4, 0.5) is 17.6 Å². The molecule has 0 bridgehead atoms. The quantitative estimate of drug-likeness (QED) is 0.817. The van der Waals surface area contributed by atoms with Crippen LogP contribution in [0.15, 0.2) is 18.2 Å². The summed E-state index contributed by atoms with van der Waals surface area (Å²) in [4.78, 5) is 0. The molecule has 1 unspecified atom stereocenters. The van der Waals surface area contributed by atoms with E-state index in [2.05, 4.69) is 0 Å². The fourth-order valence-corrected chi connectivity index (χ4v) is 2.34. The third-order valence-corrected chi connectivity index (χ3v) is 3.63. The number of halogens is 4. The van der Waals surface area contributed by atoms with Crippen molar-refractivity contribution in [2.24, 2.45) is 0 Å². The lowest BCUT2D eigenvalue weighted by Gasteiger charge is -2.39. The van der Waals surface area contributed by atoms with Crippen LogP contribution in [0.5, 0.6) is 0 Å². The molecule has 1 saturated carbocycles. The first-order valence-electron chi connectivity index (χ1n) is 5.97. The summed E-state index contributed by atoms with van der Waals surface area (Å²) < 4.78 is 52.7. The molecule has 6 heteroatoms. The first kappa shape index (κ1) is 14.3. The fraction of sp³-hybridized carbons (Fsp3) is 0.538. The molecule has 1 fully saturated rings. The van der Waals surface area contributed by atoms with Crippen LogP contribution >= 0.6 is 0 Å². The van der Waals surface area contributed by atoms with Crippen molar-refractivity contribution in [3.63, 3.8) is 0 Å². The Balaban J connectivity index is 2.24. The molecule has 0 heterocycles. The molecular weight excluding hydrogens is 264 g/mol. The summed E-state index contributed by atoms with van der Waals surface area (Å²) >= 11 is 0. The van der Waals surface area contributed by atoms with Crippen molar-refractivity contribution in [2.45, 2.75) is 43.3 Å². The van der Waals surface area contributed by atoms with Gasteiger partial charge in [0.25, 0.3) is 0 Å². The Bertz CT molecular complexity index is 466. The maximum absolute atomic E-state index is 13.5. The van der Waals surface area contributed by atoms with E-state index in [0.717, 1.165) is 12.1 Å². The van der Waals surface area contributed by atoms with Gasteiger partial charge in [0.05, 0.1) is 5.60 Å². The smallest absolute Gasteiger partial charge is 0.248 e. The summed E-state index contributed by atoms with van der Waals surface area (Å²) in [5.74, 6) is -5.30. The van der Waals surface area contributed by atoms with Crippen LogP contribution < -0.4 is 0 Å². The van der Waals surface area contributed by atoms with Crippen molar-refractivity contribution in [3.8, 4) is 0 Å². The van der Waals surface area contributed by atoms with Gasteiger partial charge in [0.2, 0.25) is 5.92 Å². The van der Waals surface area contributed by atoms with E-state index < -0.39 is 47.7 Å². The standard InChI is InChI=1S/C13H14F4O2/c14-9-3-1-2-8(10(9)15)11(18)12(19)4-6-13(16,17)7-5-12/h1-3,11,18-19H,4-7H2. The summed E-state index contributed by atoms with van der Waals surface area (Å²) in [7, 11) is 0. The van der Waals surface area contributed by atoms with Gasteiger partial charge in [-0.15, -0.1) is 0 Å². The Labute approximate surface area is 107 Å². The van der Waals surface area contributed by atoms with Crippen LogP contribution in [-0.2, 0) is 0 Å². The highest BCUT2D eigenvalue weighted by molar-refractivity contribution is 5.24. The van der Waals surface area contributed by atoms with Crippen LogP contribution in [0.25, 0.3) is 0 Å². The van der Waals surface area contributed by atoms with Gasteiger partial charge in [-0.05, 0) is 18.9 Å². The van der Waals surface area contributed by atoms with Crippen LogP contribution in [0.1, 0.15) is 37.4 Å². The number of hydrogen-bond acceptors (Lipinski definition) is 2. The molecule has 1 aliphatic rings. The summed E-state index contributed by atoms with van der Waals surface area (Å²) in [5.41, 5.74) is -2.26. The third-order valence-electron chi connectivity index (χ3n) is 3.63. The van der Waals surface area contributed by atoms with Gasteiger partial charge in [-0.3, -0.25) is 0 Å². The van der Waals surface area contributed by atoms with Crippen molar-refractivity contribution < 1.29 is 27.8 Å². The minimum absolute atomic E-state index is 0.364. The molecule has 0 saturated heterocycles. The number of aliphatic hydroxyl groups is 2. The number of alkyl halides is 2. The second kappa shape index (κ2) is 4.76. The Hall–Kier alpha value is -1.14. The van der Waals surface area contributed by atoms with E-state index in [9.17, 15) is 27.8 Å². The molecule has 19 heavy (non-hydrogen) atoms. The number of rotatable bonds is 2. The van der Waals surface area contributed by atoms with Gasteiger partial charge in [0, 0.05) is 18.4 Å². The lowest BCUT2D eigenvalue weighted by Crippen LogP contribution is -2.43. The highest BCUT2D eigenvalue weighted by Crippen LogP contribution is 2.44. The Kier molecular flexibility index (Phi) is 3.57. The van der Waals surface area contributed by atoms with Gasteiger partial charge in [-0.25, -0.2) is 17.6 Å². The molecule has 0 radical (unpaired) electrons. The topological polar surface area (TPSA) is 40.5 Å². The van der Waals surface area contributed by atoms with Crippen molar-refractivity contribution in [2.75, 3.05) is 0 Å².